The lowest BCUT2D eigenvalue weighted by Gasteiger charge is -2.15. The number of aromatic hydroxyl groups is 1. The fraction of sp³-hybridized carbons (Fsp3) is 0.0800. The summed E-state index contributed by atoms with van der Waals surface area (Å²) in [6, 6.07) is 7.74. The molecular weight excluding hydrogens is 454 g/mol. The van der Waals surface area contributed by atoms with Gasteiger partial charge in [-0.3, -0.25) is 9.79 Å². The molecule has 0 spiro atoms. The number of amidine groups is 1. The first-order chi connectivity index (χ1) is 16.6. The number of phenolic OH excluding ortho intramolecular Hbond substituents is 1. The number of hydrogen-bond acceptors (Lipinski definition) is 6. The van der Waals surface area contributed by atoms with E-state index in [1.165, 1.54) is 18.3 Å². The van der Waals surface area contributed by atoms with E-state index in [9.17, 15) is 14.3 Å². The first-order valence-corrected chi connectivity index (χ1v) is 10.3. The van der Waals surface area contributed by atoms with Crippen LogP contribution in [0, 0.1) is 24.0 Å². The summed E-state index contributed by atoms with van der Waals surface area (Å²) in [6.07, 6.45) is 6.99. The van der Waals surface area contributed by atoms with Crippen molar-refractivity contribution in [2.24, 2.45) is 10.7 Å². The van der Waals surface area contributed by atoms with Crippen LogP contribution in [0.25, 0.3) is 22.0 Å². The number of terminal acetylenes is 1. The standard InChI is InChI=1S/C25H20F2N6O2/c1-3-14-17(26)7-6-12-9-13(34)10-16(18(12)14)22-20(27)21(28)19(25(35)33-22)24(30)32-11(2)15-5-4-8-31-23(15)29/h1,4-11,34H,2H3,(H2,29,31)(H2,30,32)(H3,28,33,35). The smallest absolute Gasteiger partial charge is 0.261 e. The third kappa shape index (κ3) is 4.00. The van der Waals surface area contributed by atoms with Gasteiger partial charge in [0.05, 0.1) is 23.0 Å². The van der Waals surface area contributed by atoms with Crippen molar-refractivity contribution in [2.75, 3.05) is 11.5 Å². The minimum Gasteiger partial charge on any atom is -0.508 e. The van der Waals surface area contributed by atoms with E-state index in [0.717, 1.165) is 12.1 Å². The lowest BCUT2D eigenvalue weighted by molar-refractivity contribution is 0.476. The topological polar surface area (TPSA) is 156 Å². The van der Waals surface area contributed by atoms with Gasteiger partial charge in [-0.2, -0.15) is 0 Å². The Balaban J connectivity index is 1.92. The summed E-state index contributed by atoms with van der Waals surface area (Å²) < 4.78 is 29.9. The van der Waals surface area contributed by atoms with Crippen molar-refractivity contribution in [1.82, 2.24) is 9.97 Å². The van der Waals surface area contributed by atoms with Crippen molar-refractivity contribution in [2.45, 2.75) is 13.0 Å². The van der Waals surface area contributed by atoms with Gasteiger partial charge < -0.3 is 27.3 Å². The second-order valence-electron chi connectivity index (χ2n) is 7.76. The van der Waals surface area contributed by atoms with Crippen molar-refractivity contribution in [3.8, 4) is 29.4 Å². The van der Waals surface area contributed by atoms with Gasteiger partial charge in [-0.15, -0.1) is 6.42 Å². The normalized spacial score (nSPS) is 12.5. The van der Waals surface area contributed by atoms with Crippen LogP contribution in [0.2, 0.25) is 0 Å². The number of fused-ring (bicyclic) bond motifs is 1. The number of anilines is 2. The molecule has 8 nitrogen and oxygen atoms in total. The summed E-state index contributed by atoms with van der Waals surface area (Å²) in [5.74, 6) is 0.113. The number of benzene rings is 2. The fourth-order valence-corrected chi connectivity index (χ4v) is 3.93. The van der Waals surface area contributed by atoms with Crippen molar-refractivity contribution in [1.29, 1.82) is 0 Å². The zero-order valence-corrected chi connectivity index (χ0v) is 18.4. The molecule has 2 aromatic carbocycles. The molecule has 0 saturated heterocycles. The minimum atomic E-state index is -1.05. The van der Waals surface area contributed by atoms with Crippen LogP contribution >= 0.6 is 0 Å². The number of nitrogens with two attached hydrogens (primary N) is 3. The SMILES string of the molecule is C#Cc1c(F)ccc2cc(O)cc(-c3[nH]c(=O)c(C(N)=NC(C)c4cccnc4N)c(N)c3F)c12. The number of aliphatic imine (C=N–C) groups is 1. The average molecular weight is 474 g/mol. The van der Waals surface area contributed by atoms with Gasteiger partial charge in [-0.25, -0.2) is 13.8 Å². The van der Waals surface area contributed by atoms with E-state index in [1.54, 1.807) is 19.1 Å². The molecule has 0 aliphatic heterocycles. The van der Waals surface area contributed by atoms with Crippen LogP contribution in [-0.2, 0) is 0 Å². The van der Waals surface area contributed by atoms with E-state index in [4.69, 9.17) is 23.6 Å². The summed E-state index contributed by atoms with van der Waals surface area (Å²) in [4.78, 5) is 23.6. The van der Waals surface area contributed by atoms with Gasteiger partial charge in [0.15, 0.2) is 5.82 Å². The Kier molecular flexibility index (Phi) is 5.84. The predicted octanol–water partition coefficient (Wildman–Crippen LogP) is 3.19. The average Bonchev–Trinajstić information content (AvgIpc) is 2.81. The van der Waals surface area contributed by atoms with Gasteiger partial charge in [-0.05, 0) is 36.6 Å². The second kappa shape index (κ2) is 8.79. The second-order valence-corrected chi connectivity index (χ2v) is 7.76. The lowest BCUT2D eigenvalue weighted by atomic mass is 9.95. The highest BCUT2D eigenvalue weighted by molar-refractivity contribution is 6.04. The molecule has 4 rings (SSSR count). The molecule has 35 heavy (non-hydrogen) atoms. The number of nitrogens with one attached hydrogen (secondary N) is 1. The largest absolute Gasteiger partial charge is 0.508 e. The van der Waals surface area contributed by atoms with Gasteiger partial charge in [0.2, 0.25) is 0 Å². The van der Waals surface area contributed by atoms with Crippen LogP contribution in [0.4, 0.5) is 20.3 Å². The molecule has 0 aliphatic rings. The van der Waals surface area contributed by atoms with E-state index in [0.29, 0.717) is 10.9 Å². The fourth-order valence-electron chi connectivity index (χ4n) is 3.93. The van der Waals surface area contributed by atoms with Crippen molar-refractivity contribution < 1.29 is 13.9 Å². The Morgan fingerprint density at radius 2 is 2.00 bits per heavy atom. The molecule has 0 aliphatic carbocycles. The number of pyridine rings is 2. The first-order valence-electron chi connectivity index (χ1n) is 10.3. The number of phenols is 1. The summed E-state index contributed by atoms with van der Waals surface area (Å²) >= 11 is 0. The first kappa shape index (κ1) is 23.3. The molecule has 10 heteroatoms. The van der Waals surface area contributed by atoms with Gasteiger partial charge >= 0.3 is 0 Å². The molecule has 0 fully saturated rings. The molecule has 8 N–H and O–H groups in total. The molecule has 1 unspecified atom stereocenters. The monoisotopic (exact) mass is 474 g/mol. The van der Waals surface area contributed by atoms with E-state index in [-0.39, 0.29) is 39.5 Å². The molecule has 176 valence electrons. The lowest BCUT2D eigenvalue weighted by Crippen LogP contribution is -2.28. The summed E-state index contributed by atoms with van der Waals surface area (Å²) in [5.41, 5.74) is 16.0. The van der Waals surface area contributed by atoms with Crippen LogP contribution in [-0.4, -0.2) is 20.9 Å². The maximum atomic E-state index is 15.5. The number of rotatable bonds is 4. The highest BCUT2D eigenvalue weighted by atomic mass is 19.1. The predicted molar refractivity (Wildman–Crippen MR) is 132 cm³/mol. The zero-order chi connectivity index (χ0) is 25.4. The van der Waals surface area contributed by atoms with Crippen LogP contribution < -0.4 is 22.8 Å². The van der Waals surface area contributed by atoms with E-state index < -0.39 is 34.6 Å². The molecular formula is C25H20F2N6O2. The maximum Gasteiger partial charge on any atom is 0.261 e. The molecule has 2 heterocycles. The Labute approximate surface area is 198 Å². The molecule has 1 atom stereocenters. The Morgan fingerprint density at radius 3 is 2.69 bits per heavy atom. The number of nitrogen functional groups attached to an aromatic ring is 2. The number of aromatic nitrogens is 2. The van der Waals surface area contributed by atoms with Gasteiger partial charge in [0.25, 0.3) is 5.56 Å². The highest BCUT2D eigenvalue weighted by Gasteiger charge is 2.23. The van der Waals surface area contributed by atoms with Gasteiger partial charge in [0, 0.05) is 22.7 Å². The van der Waals surface area contributed by atoms with E-state index in [2.05, 4.69) is 20.9 Å². The van der Waals surface area contributed by atoms with Gasteiger partial charge in [-0.1, -0.05) is 18.1 Å². The van der Waals surface area contributed by atoms with Crippen LogP contribution in [0.3, 0.4) is 0 Å². The summed E-state index contributed by atoms with van der Waals surface area (Å²) in [6.45, 7) is 1.67. The Bertz CT molecular complexity index is 1620. The van der Waals surface area contributed by atoms with Gasteiger partial charge in [0.1, 0.15) is 28.8 Å². The molecule has 4 aromatic rings. The molecule has 0 amide bonds. The van der Waals surface area contributed by atoms with Crippen molar-refractivity contribution in [3.63, 3.8) is 0 Å². The number of hydrogen-bond donors (Lipinski definition) is 5. The minimum absolute atomic E-state index is 0.0488. The maximum absolute atomic E-state index is 15.5. The van der Waals surface area contributed by atoms with Crippen LogP contribution in [0.5, 0.6) is 5.75 Å². The molecule has 2 aromatic heterocycles. The quantitative estimate of drug-likeness (QED) is 0.174. The Hall–Kier alpha value is -4.91. The summed E-state index contributed by atoms with van der Waals surface area (Å²) in [7, 11) is 0. The van der Waals surface area contributed by atoms with Crippen LogP contribution in [0.1, 0.15) is 29.7 Å². The van der Waals surface area contributed by atoms with Crippen molar-refractivity contribution in [3.05, 3.63) is 81.3 Å². The molecule has 0 radical (unpaired) electrons. The third-order valence-corrected chi connectivity index (χ3v) is 5.57. The van der Waals surface area contributed by atoms with E-state index in [1.807, 2.05) is 0 Å². The zero-order valence-electron chi connectivity index (χ0n) is 18.4. The number of halogens is 2. The third-order valence-electron chi connectivity index (χ3n) is 5.57. The molecule has 0 bridgehead atoms. The van der Waals surface area contributed by atoms with Crippen LogP contribution in [0.15, 0.2) is 52.4 Å². The number of nitrogens with zero attached hydrogens (tertiary/aromatic N) is 2. The summed E-state index contributed by atoms with van der Waals surface area (Å²) in [5, 5.41) is 10.6. The Morgan fingerprint density at radius 1 is 1.26 bits per heavy atom. The molecule has 0 saturated carbocycles. The highest BCUT2D eigenvalue weighted by Crippen LogP contribution is 2.37. The van der Waals surface area contributed by atoms with E-state index >= 15 is 4.39 Å². The number of H-pyrrole nitrogens is 1. The number of aromatic amines is 1. The van der Waals surface area contributed by atoms with Crippen molar-refractivity contribution >= 4 is 28.1 Å².